The van der Waals surface area contributed by atoms with Gasteiger partial charge in [-0.15, -0.1) is 0 Å². The molecule has 0 spiro atoms. The molecule has 2 heteroatoms. The van der Waals surface area contributed by atoms with Crippen LogP contribution >= 0.6 is 0 Å². The summed E-state index contributed by atoms with van der Waals surface area (Å²) in [7, 11) is 0. The summed E-state index contributed by atoms with van der Waals surface area (Å²) in [4.78, 5) is 0. The number of rotatable bonds is 7. The lowest BCUT2D eigenvalue weighted by Crippen LogP contribution is -1.95. The molecule has 0 unspecified atom stereocenters. The van der Waals surface area contributed by atoms with Crippen molar-refractivity contribution in [2.24, 2.45) is 0 Å². The topological polar surface area (TPSA) is 9.86 Å². The monoisotopic (exact) mass is 604 g/mol. The minimum atomic E-state index is 0.781. The van der Waals surface area contributed by atoms with E-state index in [4.69, 9.17) is 0 Å². The maximum absolute atomic E-state index is 4.05. The molecule has 0 aliphatic heterocycles. The summed E-state index contributed by atoms with van der Waals surface area (Å²) in [5.74, 6) is 0. The number of fused-ring (bicyclic) bond motifs is 6. The highest BCUT2D eigenvalue weighted by Gasteiger charge is 2.14. The highest BCUT2D eigenvalue weighted by Crippen LogP contribution is 2.36. The Morgan fingerprint density at radius 1 is 0.574 bits per heavy atom. The zero-order chi connectivity index (χ0) is 31.9. The van der Waals surface area contributed by atoms with Gasteiger partial charge in [0.1, 0.15) is 0 Å². The fourth-order valence-corrected chi connectivity index (χ4v) is 7.17. The van der Waals surface area contributed by atoms with E-state index in [0.717, 1.165) is 12.1 Å². The molecule has 8 rings (SSSR count). The number of allylic oxidation sites excluding steroid dienone is 5. The van der Waals surface area contributed by atoms with Gasteiger partial charge >= 0.3 is 0 Å². The van der Waals surface area contributed by atoms with Crippen molar-refractivity contribution in [3.05, 3.63) is 181 Å². The number of benzene rings is 6. The first-order chi connectivity index (χ1) is 23.1. The van der Waals surface area contributed by atoms with Gasteiger partial charge in [-0.2, -0.15) is 0 Å². The van der Waals surface area contributed by atoms with Gasteiger partial charge < -0.3 is 9.13 Å². The van der Waals surface area contributed by atoms with E-state index in [2.05, 4.69) is 181 Å². The van der Waals surface area contributed by atoms with Crippen LogP contribution in [-0.2, 0) is 6.54 Å². The Hall–Kier alpha value is -5.86. The van der Waals surface area contributed by atoms with Gasteiger partial charge in [0.2, 0.25) is 0 Å². The Morgan fingerprint density at radius 2 is 1.23 bits per heavy atom. The van der Waals surface area contributed by atoms with Crippen molar-refractivity contribution in [2.45, 2.75) is 20.4 Å². The molecule has 0 fully saturated rings. The van der Waals surface area contributed by atoms with E-state index >= 15 is 0 Å². The fraction of sp³-hybridized carbons (Fsp3) is 0.0667. The molecule has 0 atom stereocenters. The zero-order valence-corrected chi connectivity index (χ0v) is 26.8. The molecule has 0 radical (unpaired) electrons. The van der Waals surface area contributed by atoms with Crippen LogP contribution in [0.2, 0.25) is 0 Å². The van der Waals surface area contributed by atoms with Gasteiger partial charge in [0.05, 0.1) is 11.0 Å². The second-order valence-electron chi connectivity index (χ2n) is 12.4. The first-order valence-corrected chi connectivity index (χ1v) is 16.3. The van der Waals surface area contributed by atoms with Crippen LogP contribution in [0, 0.1) is 13.8 Å². The van der Waals surface area contributed by atoms with Crippen LogP contribution in [0.4, 0.5) is 0 Å². The molecule has 0 saturated carbocycles. The summed E-state index contributed by atoms with van der Waals surface area (Å²) in [6.45, 7) is 9.16. The summed E-state index contributed by atoms with van der Waals surface area (Å²) in [5, 5.41) is 5.11. The third-order valence-corrected chi connectivity index (χ3v) is 9.24. The lowest BCUT2D eigenvalue weighted by atomic mass is 9.95. The second-order valence-corrected chi connectivity index (χ2v) is 12.4. The van der Waals surface area contributed by atoms with Gasteiger partial charge in [-0.05, 0) is 95.8 Å². The summed E-state index contributed by atoms with van der Waals surface area (Å²) in [5.41, 5.74) is 13.4. The third kappa shape index (κ3) is 5.09. The Bertz CT molecular complexity index is 2480. The average molecular weight is 605 g/mol. The first-order valence-electron chi connectivity index (χ1n) is 16.3. The van der Waals surface area contributed by atoms with Crippen LogP contribution in [0.15, 0.2) is 164 Å². The fourth-order valence-electron chi connectivity index (χ4n) is 7.17. The molecule has 0 aliphatic rings. The van der Waals surface area contributed by atoms with Crippen molar-refractivity contribution >= 4 is 49.2 Å². The third-order valence-electron chi connectivity index (χ3n) is 9.24. The largest absolute Gasteiger partial charge is 0.337 e. The molecular formula is C45H36N2. The molecule has 0 aliphatic carbocycles. The quantitative estimate of drug-likeness (QED) is 0.160. The van der Waals surface area contributed by atoms with Gasteiger partial charge in [-0.25, -0.2) is 0 Å². The van der Waals surface area contributed by atoms with Gasteiger partial charge in [0.25, 0.3) is 0 Å². The normalized spacial score (nSPS) is 12.3. The smallest absolute Gasteiger partial charge is 0.0541 e. The van der Waals surface area contributed by atoms with E-state index < -0.39 is 0 Å². The van der Waals surface area contributed by atoms with Crippen molar-refractivity contribution < 1.29 is 0 Å². The van der Waals surface area contributed by atoms with E-state index in [0.29, 0.717) is 0 Å². The second kappa shape index (κ2) is 11.8. The number of hydrogen-bond donors (Lipinski definition) is 0. The molecular weight excluding hydrogens is 569 g/mol. The van der Waals surface area contributed by atoms with Gasteiger partial charge in [0, 0.05) is 44.8 Å². The molecule has 0 amide bonds. The Balaban J connectivity index is 1.18. The van der Waals surface area contributed by atoms with Crippen molar-refractivity contribution in [1.29, 1.82) is 0 Å². The van der Waals surface area contributed by atoms with Crippen LogP contribution in [0.3, 0.4) is 0 Å². The Labute approximate surface area is 275 Å². The van der Waals surface area contributed by atoms with Crippen molar-refractivity contribution in [3.8, 4) is 16.8 Å². The van der Waals surface area contributed by atoms with E-state index in [-0.39, 0.29) is 0 Å². The number of para-hydroxylation sites is 3. The molecule has 47 heavy (non-hydrogen) atoms. The number of aromatic nitrogens is 2. The van der Waals surface area contributed by atoms with E-state index in [9.17, 15) is 0 Å². The van der Waals surface area contributed by atoms with Crippen molar-refractivity contribution in [2.75, 3.05) is 0 Å². The molecule has 226 valence electrons. The standard InChI is InChI=1S/C45H36N2/c1-4-13-33(15-12-25-46-42-20-8-5-17-38(42)39-18-6-9-21-43(39)46)35-26-32(3)27-36(29-35)34-23-24-45-41(30-34)40-19-7-10-22-44(40)47(45)37-16-11-14-31(2)28-37/h4-24,26-30H,1,25H2,2-3H3/b15-12-,33-13+. The maximum atomic E-state index is 4.05. The average Bonchev–Trinajstić information content (AvgIpc) is 3.60. The van der Waals surface area contributed by atoms with Crippen LogP contribution in [0.25, 0.3) is 66.0 Å². The lowest BCUT2D eigenvalue weighted by Gasteiger charge is -2.11. The predicted molar refractivity (Wildman–Crippen MR) is 202 cm³/mol. The highest BCUT2D eigenvalue weighted by molar-refractivity contribution is 6.10. The maximum Gasteiger partial charge on any atom is 0.0541 e. The van der Waals surface area contributed by atoms with Crippen LogP contribution in [0.1, 0.15) is 16.7 Å². The van der Waals surface area contributed by atoms with E-state index in [1.54, 1.807) is 0 Å². The van der Waals surface area contributed by atoms with Crippen molar-refractivity contribution in [1.82, 2.24) is 9.13 Å². The van der Waals surface area contributed by atoms with E-state index in [1.165, 1.54) is 77.1 Å². The molecule has 8 aromatic rings. The molecule has 2 heterocycles. The van der Waals surface area contributed by atoms with Crippen LogP contribution < -0.4 is 0 Å². The molecule has 6 aromatic carbocycles. The number of nitrogens with zero attached hydrogens (tertiary/aromatic N) is 2. The first kappa shape index (κ1) is 28.6. The molecule has 2 nitrogen and oxygen atoms in total. The van der Waals surface area contributed by atoms with E-state index in [1.807, 2.05) is 6.08 Å². The highest BCUT2D eigenvalue weighted by atomic mass is 15.0. The van der Waals surface area contributed by atoms with Crippen LogP contribution in [0.5, 0.6) is 0 Å². The number of aryl methyl sites for hydroxylation is 2. The predicted octanol–water partition coefficient (Wildman–Crippen LogP) is 12.0. The molecule has 0 bridgehead atoms. The summed E-state index contributed by atoms with van der Waals surface area (Å²) in [6, 6.07) is 48.6. The molecule has 0 saturated heterocycles. The molecule has 2 aromatic heterocycles. The minimum Gasteiger partial charge on any atom is -0.337 e. The number of hydrogen-bond acceptors (Lipinski definition) is 0. The summed E-state index contributed by atoms with van der Waals surface area (Å²) >= 11 is 0. The van der Waals surface area contributed by atoms with Gasteiger partial charge in [-0.1, -0.05) is 116 Å². The van der Waals surface area contributed by atoms with Crippen LogP contribution in [-0.4, -0.2) is 9.13 Å². The van der Waals surface area contributed by atoms with Gasteiger partial charge in [0.15, 0.2) is 0 Å². The molecule has 0 N–H and O–H groups in total. The SMILES string of the molecule is C=C/C=C(\C=C/Cn1c2ccccc2c2ccccc21)c1cc(C)cc(-c2ccc3c(c2)c2ccccc2n3-c2cccc(C)c2)c1. The minimum absolute atomic E-state index is 0.781. The Morgan fingerprint density at radius 3 is 1.94 bits per heavy atom. The van der Waals surface area contributed by atoms with Crippen molar-refractivity contribution in [3.63, 3.8) is 0 Å². The zero-order valence-electron chi connectivity index (χ0n) is 26.8. The lowest BCUT2D eigenvalue weighted by molar-refractivity contribution is 0.899. The summed E-state index contributed by atoms with van der Waals surface area (Å²) < 4.78 is 4.78. The summed E-state index contributed by atoms with van der Waals surface area (Å²) in [6.07, 6.45) is 8.50. The Kier molecular flexibility index (Phi) is 7.19. The van der Waals surface area contributed by atoms with Gasteiger partial charge in [-0.3, -0.25) is 0 Å².